The van der Waals surface area contributed by atoms with Crippen LogP contribution in [0.15, 0.2) is 46.9 Å². The van der Waals surface area contributed by atoms with Crippen LogP contribution in [0.25, 0.3) is 17.0 Å². The molecule has 0 aliphatic rings. The molecule has 3 nitrogen and oxygen atoms in total. The van der Waals surface area contributed by atoms with Crippen molar-refractivity contribution in [3.8, 4) is 11.4 Å². The summed E-state index contributed by atoms with van der Waals surface area (Å²) in [5.41, 5.74) is 1.70. The zero-order valence-electron chi connectivity index (χ0n) is 8.64. The molecule has 0 aliphatic heterocycles. The highest BCUT2D eigenvalue weighted by Gasteiger charge is 2.07. The third-order valence-electron chi connectivity index (χ3n) is 2.40. The Balaban J connectivity index is 2.22. The maximum atomic E-state index is 6.04. The molecule has 0 saturated carbocycles. The first-order valence-electron chi connectivity index (χ1n) is 5.01. The summed E-state index contributed by atoms with van der Waals surface area (Å²) in [7, 11) is 0. The quantitative estimate of drug-likeness (QED) is 0.640. The summed E-state index contributed by atoms with van der Waals surface area (Å²) in [6.07, 6.45) is 0. The molecule has 0 atom stereocenters. The summed E-state index contributed by atoms with van der Waals surface area (Å²) in [5, 5.41) is 4.93. The van der Waals surface area contributed by atoms with Crippen molar-refractivity contribution in [3.05, 3.63) is 52.1 Å². The van der Waals surface area contributed by atoms with E-state index < -0.39 is 0 Å². The van der Waals surface area contributed by atoms with E-state index in [4.69, 9.17) is 11.6 Å². The van der Waals surface area contributed by atoms with Crippen molar-refractivity contribution in [2.75, 3.05) is 0 Å². The third-order valence-corrected chi connectivity index (χ3v) is 3.18. The summed E-state index contributed by atoms with van der Waals surface area (Å²) in [4.78, 5) is 4.43. The van der Waals surface area contributed by atoms with Gasteiger partial charge in [0.2, 0.25) is 0 Å². The highest BCUT2D eigenvalue weighted by molar-refractivity contribution is 9.10. The van der Waals surface area contributed by atoms with Gasteiger partial charge >= 0.3 is 0 Å². The minimum Gasteiger partial charge on any atom is -0.207 e. The summed E-state index contributed by atoms with van der Waals surface area (Å²) in [5.74, 6) is 0.666. The van der Waals surface area contributed by atoms with E-state index in [9.17, 15) is 0 Å². The Morgan fingerprint density at radius 1 is 1.12 bits per heavy atom. The number of hydrogen-bond acceptors (Lipinski definition) is 2. The van der Waals surface area contributed by atoms with E-state index in [0.29, 0.717) is 11.0 Å². The van der Waals surface area contributed by atoms with E-state index in [1.807, 2.05) is 36.4 Å². The Morgan fingerprint density at radius 2 is 1.94 bits per heavy atom. The fraction of sp³-hybridized carbons (Fsp3) is 0. The topological polar surface area (TPSA) is 30.2 Å². The van der Waals surface area contributed by atoms with Gasteiger partial charge in [-0.2, -0.15) is 0 Å². The molecule has 1 aromatic carbocycles. The Bertz CT molecular complexity index is 693. The molecule has 0 unspecified atom stereocenters. The molecule has 17 heavy (non-hydrogen) atoms. The second-order valence-electron chi connectivity index (χ2n) is 3.56. The minimum absolute atomic E-state index is 0.552. The highest BCUT2D eigenvalue weighted by atomic mass is 79.9. The van der Waals surface area contributed by atoms with E-state index in [-0.39, 0.29) is 0 Å². The molecule has 0 amide bonds. The van der Waals surface area contributed by atoms with Crippen LogP contribution in [0.5, 0.6) is 0 Å². The van der Waals surface area contributed by atoms with Crippen LogP contribution in [0.4, 0.5) is 0 Å². The maximum absolute atomic E-state index is 6.04. The first kappa shape index (κ1) is 10.7. The molecular weight excluding hydrogens is 302 g/mol. The van der Waals surface area contributed by atoms with Crippen molar-refractivity contribution in [2.24, 2.45) is 0 Å². The molecule has 0 saturated heterocycles. The van der Waals surface area contributed by atoms with Gasteiger partial charge in [-0.15, -0.1) is 5.10 Å². The Morgan fingerprint density at radius 3 is 2.71 bits per heavy atom. The van der Waals surface area contributed by atoms with Gasteiger partial charge in [0.05, 0.1) is 0 Å². The number of rotatable bonds is 1. The van der Waals surface area contributed by atoms with Gasteiger partial charge in [0.1, 0.15) is 5.15 Å². The van der Waals surface area contributed by atoms with E-state index >= 15 is 0 Å². The van der Waals surface area contributed by atoms with Crippen LogP contribution in [-0.4, -0.2) is 14.6 Å². The molecule has 0 spiro atoms. The van der Waals surface area contributed by atoms with Gasteiger partial charge in [-0.25, -0.2) is 9.50 Å². The average molecular weight is 309 g/mol. The van der Waals surface area contributed by atoms with Crippen LogP contribution >= 0.6 is 27.5 Å². The Hall–Kier alpha value is -1.39. The largest absolute Gasteiger partial charge is 0.207 e. The van der Waals surface area contributed by atoms with E-state index in [2.05, 4.69) is 26.0 Å². The van der Waals surface area contributed by atoms with Crippen molar-refractivity contribution in [2.45, 2.75) is 0 Å². The van der Waals surface area contributed by atoms with Crippen molar-refractivity contribution in [1.29, 1.82) is 0 Å². The summed E-state index contributed by atoms with van der Waals surface area (Å²) in [6, 6.07) is 13.4. The van der Waals surface area contributed by atoms with Crippen molar-refractivity contribution in [1.82, 2.24) is 14.6 Å². The molecule has 2 aromatic heterocycles. The number of benzene rings is 1. The molecule has 0 radical (unpaired) electrons. The van der Waals surface area contributed by atoms with Crippen LogP contribution in [0, 0.1) is 0 Å². The zero-order valence-corrected chi connectivity index (χ0v) is 11.0. The first-order chi connectivity index (χ1) is 8.24. The molecular formula is C12H7BrClN3. The van der Waals surface area contributed by atoms with E-state index in [1.54, 1.807) is 10.6 Å². The zero-order chi connectivity index (χ0) is 11.8. The van der Waals surface area contributed by atoms with Crippen molar-refractivity contribution >= 4 is 33.2 Å². The van der Waals surface area contributed by atoms with Crippen LogP contribution in [0.3, 0.4) is 0 Å². The SMILES string of the molecule is Clc1cccc2nc(-c3cccc(Br)c3)nn12. The number of fused-ring (bicyclic) bond motifs is 1. The molecule has 5 heteroatoms. The fourth-order valence-corrected chi connectivity index (χ4v) is 2.22. The van der Waals surface area contributed by atoms with Crippen LogP contribution in [0.1, 0.15) is 0 Å². The van der Waals surface area contributed by atoms with Crippen LogP contribution in [0.2, 0.25) is 5.15 Å². The summed E-state index contributed by atoms with van der Waals surface area (Å²) < 4.78 is 2.62. The van der Waals surface area contributed by atoms with Crippen LogP contribution < -0.4 is 0 Å². The number of halogens is 2. The van der Waals surface area contributed by atoms with E-state index in [1.165, 1.54) is 0 Å². The molecule has 0 fully saturated rings. The number of aromatic nitrogens is 3. The normalized spacial score (nSPS) is 10.9. The van der Waals surface area contributed by atoms with Gasteiger partial charge in [-0.3, -0.25) is 0 Å². The predicted octanol–water partition coefficient (Wildman–Crippen LogP) is 3.81. The lowest BCUT2D eigenvalue weighted by Crippen LogP contribution is -1.88. The monoisotopic (exact) mass is 307 g/mol. The molecule has 84 valence electrons. The van der Waals surface area contributed by atoms with Gasteiger partial charge in [-0.05, 0) is 24.3 Å². The molecule has 3 rings (SSSR count). The summed E-state index contributed by atoms with van der Waals surface area (Å²) in [6.45, 7) is 0. The minimum atomic E-state index is 0.552. The second-order valence-corrected chi connectivity index (χ2v) is 4.87. The molecule has 3 aromatic rings. The Kier molecular flexibility index (Phi) is 2.61. The van der Waals surface area contributed by atoms with Gasteiger partial charge in [0.15, 0.2) is 11.5 Å². The lowest BCUT2D eigenvalue weighted by atomic mass is 10.2. The standard InChI is InChI=1S/C12H7BrClN3/c13-9-4-1-3-8(7-9)12-15-11-6-2-5-10(14)17(11)16-12/h1-7H. The Labute approximate surface area is 111 Å². The lowest BCUT2D eigenvalue weighted by Gasteiger charge is -1.95. The smallest absolute Gasteiger partial charge is 0.182 e. The number of nitrogens with zero attached hydrogens (tertiary/aromatic N) is 3. The first-order valence-corrected chi connectivity index (χ1v) is 6.18. The fourth-order valence-electron chi connectivity index (χ4n) is 1.62. The number of pyridine rings is 1. The summed E-state index contributed by atoms with van der Waals surface area (Å²) >= 11 is 9.47. The second kappa shape index (κ2) is 4.13. The van der Waals surface area contributed by atoms with Gasteiger partial charge in [0.25, 0.3) is 0 Å². The lowest BCUT2D eigenvalue weighted by molar-refractivity contribution is 0.966. The van der Waals surface area contributed by atoms with Crippen molar-refractivity contribution < 1.29 is 0 Å². The van der Waals surface area contributed by atoms with E-state index in [0.717, 1.165) is 15.7 Å². The average Bonchev–Trinajstić information content (AvgIpc) is 2.74. The van der Waals surface area contributed by atoms with Gasteiger partial charge < -0.3 is 0 Å². The molecule has 2 heterocycles. The molecule has 0 bridgehead atoms. The molecule has 0 aliphatic carbocycles. The maximum Gasteiger partial charge on any atom is 0.182 e. The highest BCUT2D eigenvalue weighted by Crippen LogP contribution is 2.21. The predicted molar refractivity (Wildman–Crippen MR) is 71.1 cm³/mol. The molecule has 0 N–H and O–H groups in total. The third kappa shape index (κ3) is 1.94. The van der Waals surface area contributed by atoms with Gasteiger partial charge in [0, 0.05) is 10.0 Å². The number of hydrogen-bond donors (Lipinski definition) is 0. The van der Waals surface area contributed by atoms with Crippen molar-refractivity contribution in [3.63, 3.8) is 0 Å². The van der Waals surface area contributed by atoms with Gasteiger partial charge in [-0.1, -0.05) is 45.7 Å². The van der Waals surface area contributed by atoms with Crippen LogP contribution in [-0.2, 0) is 0 Å².